The monoisotopic (exact) mass is 235 g/mol. The van der Waals surface area contributed by atoms with Crippen molar-refractivity contribution in [3.63, 3.8) is 0 Å². The van der Waals surface area contributed by atoms with Gasteiger partial charge in [-0.05, 0) is 12.1 Å². The standard InChI is InChI=1S/C11H13N3O3/c15-7-10(16)11(17)9-6-12-14(13-9)8-4-2-1-3-5-8/h1-6,10-11,15-17H,7H2/t10-,11+/m0/s1. The highest BCUT2D eigenvalue weighted by molar-refractivity contribution is 5.28. The third kappa shape index (κ3) is 2.50. The number of benzene rings is 1. The quantitative estimate of drug-likeness (QED) is 0.674. The first-order valence-electron chi connectivity index (χ1n) is 5.17. The summed E-state index contributed by atoms with van der Waals surface area (Å²) in [5.41, 5.74) is 0.972. The summed E-state index contributed by atoms with van der Waals surface area (Å²) in [6.45, 7) is -0.528. The first-order chi connectivity index (χ1) is 8.22. The summed E-state index contributed by atoms with van der Waals surface area (Å²) in [4.78, 5) is 1.35. The average molecular weight is 235 g/mol. The molecule has 0 amide bonds. The number of aromatic nitrogens is 3. The Labute approximate surface area is 97.8 Å². The molecule has 0 spiro atoms. The third-order valence-electron chi connectivity index (χ3n) is 2.35. The normalized spacial score (nSPS) is 14.5. The molecule has 6 nitrogen and oxygen atoms in total. The van der Waals surface area contributed by atoms with Crippen molar-refractivity contribution in [2.45, 2.75) is 12.2 Å². The molecule has 0 aliphatic rings. The Morgan fingerprint density at radius 2 is 1.88 bits per heavy atom. The molecule has 1 aromatic carbocycles. The van der Waals surface area contributed by atoms with E-state index in [1.54, 1.807) is 0 Å². The summed E-state index contributed by atoms with van der Waals surface area (Å²) in [6, 6.07) is 9.20. The highest BCUT2D eigenvalue weighted by Crippen LogP contribution is 2.14. The fourth-order valence-corrected chi connectivity index (χ4v) is 1.39. The van der Waals surface area contributed by atoms with Crippen molar-refractivity contribution in [1.29, 1.82) is 0 Å². The molecule has 0 bridgehead atoms. The predicted octanol–water partition coefficient (Wildman–Crippen LogP) is -0.346. The van der Waals surface area contributed by atoms with Crippen LogP contribution in [0.5, 0.6) is 0 Å². The fourth-order valence-electron chi connectivity index (χ4n) is 1.39. The molecular formula is C11H13N3O3. The Kier molecular flexibility index (Phi) is 3.48. The van der Waals surface area contributed by atoms with Gasteiger partial charge in [0, 0.05) is 0 Å². The van der Waals surface area contributed by atoms with Gasteiger partial charge in [-0.2, -0.15) is 15.0 Å². The van der Waals surface area contributed by atoms with Gasteiger partial charge >= 0.3 is 0 Å². The van der Waals surface area contributed by atoms with Gasteiger partial charge in [0.1, 0.15) is 17.9 Å². The van der Waals surface area contributed by atoms with E-state index in [2.05, 4.69) is 10.2 Å². The molecule has 2 rings (SSSR count). The van der Waals surface area contributed by atoms with Crippen LogP contribution in [0.2, 0.25) is 0 Å². The van der Waals surface area contributed by atoms with Gasteiger partial charge in [-0.25, -0.2) is 0 Å². The molecule has 1 heterocycles. The predicted molar refractivity (Wildman–Crippen MR) is 59.4 cm³/mol. The molecule has 90 valence electrons. The summed E-state index contributed by atoms with van der Waals surface area (Å²) >= 11 is 0. The second-order valence-electron chi connectivity index (χ2n) is 3.59. The van der Waals surface area contributed by atoms with E-state index in [4.69, 9.17) is 5.11 Å². The van der Waals surface area contributed by atoms with Crippen LogP contribution in [0, 0.1) is 0 Å². The van der Waals surface area contributed by atoms with E-state index in [9.17, 15) is 10.2 Å². The van der Waals surface area contributed by atoms with E-state index in [1.807, 2.05) is 30.3 Å². The first-order valence-corrected chi connectivity index (χ1v) is 5.17. The van der Waals surface area contributed by atoms with Crippen LogP contribution in [0.15, 0.2) is 36.5 Å². The maximum Gasteiger partial charge on any atom is 0.127 e. The zero-order valence-corrected chi connectivity index (χ0v) is 9.01. The molecule has 3 N–H and O–H groups in total. The van der Waals surface area contributed by atoms with Gasteiger partial charge in [0.05, 0.1) is 18.5 Å². The fraction of sp³-hybridized carbons (Fsp3) is 0.273. The lowest BCUT2D eigenvalue weighted by Crippen LogP contribution is -2.22. The van der Waals surface area contributed by atoms with Gasteiger partial charge < -0.3 is 15.3 Å². The molecule has 0 unspecified atom stereocenters. The molecule has 0 saturated carbocycles. The number of nitrogens with zero attached hydrogens (tertiary/aromatic N) is 3. The number of aliphatic hydroxyl groups is 3. The summed E-state index contributed by atoms with van der Waals surface area (Å²) in [5.74, 6) is 0. The van der Waals surface area contributed by atoms with Crippen LogP contribution < -0.4 is 0 Å². The summed E-state index contributed by atoms with van der Waals surface area (Å²) in [6.07, 6.45) is -1.13. The lowest BCUT2D eigenvalue weighted by molar-refractivity contribution is -0.0174. The van der Waals surface area contributed by atoms with Crippen molar-refractivity contribution >= 4 is 0 Å². The average Bonchev–Trinajstić information content (AvgIpc) is 2.87. The number of hydrogen-bond donors (Lipinski definition) is 3. The van der Waals surface area contributed by atoms with Gasteiger partial charge in [-0.15, -0.1) is 0 Å². The first kappa shape index (κ1) is 11.7. The third-order valence-corrected chi connectivity index (χ3v) is 2.35. The number of aliphatic hydroxyl groups excluding tert-OH is 3. The Bertz CT molecular complexity index is 472. The minimum Gasteiger partial charge on any atom is -0.394 e. The molecule has 6 heteroatoms. The number of para-hydroxylation sites is 1. The SMILES string of the molecule is OC[C@H](O)[C@H](O)c1cnn(-c2ccccc2)n1. The smallest absolute Gasteiger partial charge is 0.127 e. The maximum absolute atomic E-state index is 9.62. The summed E-state index contributed by atoms with van der Waals surface area (Å²) < 4.78 is 0. The van der Waals surface area contributed by atoms with Gasteiger partial charge in [-0.3, -0.25) is 0 Å². The van der Waals surface area contributed by atoms with Crippen molar-refractivity contribution in [1.82, 2.24) is 15.0 Å². The van der Waals surface area contributed by atoms with Crippen LogP contribution in [-0.2, 0) is 0 Å². The lowest BCUT2D eigenvalue weighted by Gasteiger charge is -2.11. The van der Waals surface area contributed by atoms with Gasteiger partial charge in [0.25, 0.3) is 0 Å². The maximum atomic E-state index is 9.62. The molecule has 1 aromatic heterocycles. The van der Waals surface area contributed by atoms with E-state index in [-0.39, 0.29) is 5.69 Å². The number of hydrogen-bond acceptors (Lipinski definition) is 5. The van der Waals surface area contributed by atoms with Crippen molar-refractivity contribution in [2.75, 3.05) is 6.61 Å². The van der Waals surface area contributed by atoms with Crippen LogP contribution in [0.3, 0.4) is 0 Å². The molecule has 0 aliphatic carbocycles. The zero-order valence-electron chi connectivity index (χ0n) is 9.01. The highest BCUT2D eigenvalue weighted by Gasteiger charge is 2.20. The molecule has 0 saturated heterocycles. The second-order valence-corrected chi connectivity index (χ2v) is 3.59. The Hall–Kier alpha value is -1.76. The van der Waals surface area contributed by atoms with Crippen LogP contribution in [0.1, 0.15) is 11.8 Å². The summed E-state index contributed by atoms with van der Waals surface area (Å²) in [5, 5.41) is 35.6. The molecular weight excluding hydrogens is 222 g/mol. The van der Waals surface area contributed by atoms with E-state index in [0.717, 1.165) is 5.69 Å². The zero-order chi connectivity index (χ0) is 12.3. The van der Waals surface area contributed by atoms with Crippen LogP contribution in [-0.4, -0.2) is 43.0 Å². The molecule has 2 atom stereocenters. The molecule has 0 radical (unpaired) electrons. The van der Waals surface area contributed by atoms with Crippen LogP contribution in [0.25, 0.3) is 5.69 Å². The van der Waals surface area contributed by atoms with Gasteiger partial charge in [-0.1, -0.05) is 18.2 Å². The Morgan fingerprint density at radius 1 is 1.18 bits per heavy atom. The van der Waals surface area contributed by atoms with Crippen LogP contribution in [0.4, 0.5) is 0 Å². The second kappa shape index (κ2) is 5.05. The Balaban J connectivity index is 2.22. The van der Waals surface area contributed by atoms with E-state index in [0.29, 0.717) is 0 Å². The van der Waals surface area contributed by atoms with Crippen molar-refractivity contribution in [3.05, 3.63) is 42.2 Å². The van der Waals surface area contributed by atoms with Crippen molar-refractivity contribution in [3.8, 4) is 5.69 Å². The molecule has 0 aliphatic heterocycles. The van der Waals surface area contributed by atoms with Crippen molar-refractivity contribution < 1.29 is 15.3 Å². The van der Waals surface area contributed by atoms with Gasteiger partial charge in [0.15, 0.2) is 0 Å². The summed E-state index contributed by atoms with van der Waals surface area (Å²) in [7, 11) is 0. The molecule has 2 aromatic rings. The topological polar surface area (TPSA) is 91.4 Å². The molecule has 17 heavy (non-hydrogen) atoms. The van der Waals surface area contributed by atoms with Gasteiger partial charge in [0.2, 0.25) is 0 Å². The number of rotatable bonds is 4. The minimum atomic E-state index is -1.25. The van der Waals surface area contributed by atoms with Crippen LogP contribution >= 0.6 is 0 Å². The molecule has 0 fully saturated rings. The minimum absolute atomic E-state index is 0.218. The Morgan fingerprint density at radius 3 is 2.53 bits per heavy atom. The largest absolute Gasteiger partial charge is 0.394 e. The van der Waals surface area contributed by atoms with E-state index < -0.39 is 18.8 Å². The van der Waals surface area contributed by atoms with E-state index >= 15 is 0 Å². The van der Waals surface area contributed by atoms with E-state index in [1.165, 1.54) is 11.0 Å². The highest BCUT2D eigenvalue weighted by atomic mass is 16.4. The van der Waals surface area contributed by atoms with Crippen molar-refractivity contribution in [2.24, 2.45) is 0 Å². The lowest BCUT2D eigenvalue weighted by atomic mass is 10.2.